The third kappa shape index (κ3) is 2.06. The molecule has 0 fully saturated rings. The summed E-state index contributed by atoms with van der Waals surface area (Å²) < 4.78 is 4.97. The highest BCUT2D eigenvalue weighted by Crippen LogP contribution is 2.38. The Morgan fingerprint density at radius 2 is 2.27 bits per heavy atom. The van der Waals surface area contributed by atoms with Crippen molar-refractivity contribution in [2.24, 2.45) is 5.73 Å². The minimum Gasteiger partial charge on any atom is -0.506 e. The van der Waals surface area contributed by atoms with Gasteiger partial charge in [-0.3, -0.25) is 4.79 Å². The summed E-state index contributed by atoms with van der Waals surface area (Å²) in [4.78, 5) is 11.5. The summed E-state index contributed by atoms with van der Waals surface area (Å²) in [6.45, 7) is 1.52. The monoisotopic (exact) mass is 229 g/mol. The number of hydrogen-bond donors (Lipinski definition) is 2. The molecule has 1 aromatic rings. The number of hydrogen-bond acceptors (Lipinski definition) is 4. The number of aryl methyl sites for hydroxylation is 1. The highest BCUT2D eigenvalue weighted by Gasteiger charge is 2.18. The molecule has 0 saturated heterocycles. The van der Waals surface area contributed by atoms with E-state index in [2.05, 4.69) is 0 Å². The summed E-state index contributed by atoms with van der Waals surface area (Å²) in [7, 11) is 1.38. The normalized spacial score (nSPS) is 10.1. The molecule has 0 spiro atoms. The summed E-state index contributed by atoms with van der Waals surface area (Å²) in [6, 6.07) is 1.51. The van der Waals surface area contributed by atoms with E-state index in [0.717, 1.165) is 0 Å². The standard InChI is InChI=1S/C10H12ClNO3/c1-5-3-6(7(13)4-12)10(15-2)8(11)9(5)14/h3,14H,4,12H2,1-2H3. The molecule has 0 unspecified atom stereocenters. The van der Waals surface area contributed by atoms with Gasteiger partial charge in [-0.1, -0.05) is 11.6 Å². The molecule has 15 heavy (non-hydrogen) atoms. The van der Waals surface area contributed by atoms with E-state index in [4.69, 9.17) is 22.1 Å². The molecule has 0 amide bonds. The highest BCUT2D eigenvalue weighted by atomic mass is 35.5. The van der Waals surface area contributed by atoms with Gasteiger partial charge < -0.3 is 15.6 Å². The van der Waals surface area contributed by atoms with Gasteiger partial charge in [0.25, 0.3) is 0 Å². The maximum Gasteiger partial charge on any atom is 0.180 e. The molecule has 0 aliphatic heterocycles. The van der Waals surface area contributed by atoms with Crippen molar-refractivity contribution in [3.05, 3.63) is 22.2 Å². The zero-order valence-electron chi connectivity index (χ0n) is 8.50. The van der Waals surface area contributed by atoms with Crippen LogP contribution in [0.15, 0.2) is 6.07 Å². The lowest BCUT2D eigenvalue weighted by Crippen LogP contribution is -2.15. The summed E-state index contributed by atoms with van der Waals surface area (Å²) in [5.74, 6) is -0.200. The predicted molar refractivity (Wildman–Crippen MR) is 57.8 cm³/mol. The van der Waals surface area contributed by atoms with Crippen molar-refractivity contribution in [1.82, 2.24) is 0 Å². The van der Waals surface area contributed by atoms with Crippen molar-refractivity contribution in [2.75, 3.05) is 13.7 Å². The van der Waals surface area contributed by atoms with E-state index >= 15 is 0 Å². The molecule has 5 heteroatoms. The minimum absolute atomic E-state index is 0.0364. The average molecular weight is 230 g/mol. The van der Waals surface area contributed by atoms with Crippen LogP contribution in [0.5, 0.6) is 11.5 Å². The Morgan fingerprint density at radius 3 is 2.73 bits per heavy atom. The summed E-state index contributed by atoms with van der Waals surface area (Å²) in [5, 5.41) is 9.58. The zero-order valence-corrected chi connectivity index (χ0v) is 9.26. The number of phenols is 1. The Balaban J connectivity index is 3.45. The second kappa shape index (κ2) is 4.51. The van der Waals surface area contributed by atoms with Crippen LogP contribution in [0.3, 0.4) is 0 Å². The largest absolute Gasteiger partial charge is 0.506 e. The maximum atomic E-state index is 11.5. The van der Waals surface area contributed by atoms with Crippen LogP contribution in [0.4, 0.5) is 0 Å². The van der Waals surface area contributed by atoms with Gasteiger partial charge in [-0.15, -0.1) is 0 Å². The molecule has 0 saturated carbocycles. The molecule has 0 aliphatic rings. The van der Waals surface area contributed by atoms with E-state index in [1.807, 2.05) is 0 Å². The van der Waals surface area contributed by atoms with Crippen molar-refractivity contribution in [1.29, 1.82) is 0 Å². The number of Topliss-reactive ketones (excluding diaryl/α,β-unsaturated/α-hetero) is 1. The first-order chi connectivity index (χ1) is 7.02. The smallest absolute Gasteiger partial charge is 0.180 e. The highest BCUT2D eigenvalue weighted by molar-refractivity contribution is 6.34. The van der Waals surface area contributed by atoms with Crippen LogP contribution in [0.25, 0.3) is 0 Å². The third-order valence-corrected chi connectivity index (χ3v) is 2.43. The van der Waals surface area contributed by atoms with Crippen LogP contribution in [-0.2, 0) is 0 Å². The Morgan fingerprint density at radius 1 is 1.67 bits per heavy atom. The van der Waals surface area contributed by atoms with Crippen LogP contribution in [0.1, 0.15) is 15.9 Å². The minimum atomic E-state index is -0.281. The number of phenolic OH excluding ortho intramolecular Hbond substituents is 1. The van der Waals surface area contributed by atoms with Gasteiger partial charge in [0, 0.05) is 0 Å². The molecule has 0 aromatic heterocycles. The van der Waals surface area contributed by atoms with Crippen molar-refractivity contribution in [3.63, 3.8) is 0 Å². The van der Waals surface area contributed by atoms with Crippen LogP contribution in [0.2, 0.25) is 5.02 Å². The first-order valence-corrected chi connectivity index (χ1v) is 4.70. The molecule has 3 N–H and O–H groups in total. The second-order valence-electron chi connectivity index (χ2n) is 3.06. The van der Waals surface area contributed by atoms with Crippen LogP contribution in [0, 0.1) is 6.92 Å². The summed E-state index contributed by atoms with van der Waals surface area (Å²) in [5.41, 5.74) is 6.06. The van der Waals surface area contributed by atoms with E-state index in [0.29, 0.717) is 11.1 Å². The number of carbonyl (C=O) groups is 1. The first kappa shape index (κ1) is 11.8. The molecule has 1 rings (SSSR count). The van der Waals surface area contributed by atoms with Gasteiger partial charge in [0.05, 0.1) is 19.2 Å². The number of methoxy groups -OCH3 is 1. The quantitative estimate of drug-likeness (QED) is 0.771. The number of nitrogens with two attached hydrogens (primary N) is 1. The predicted octanol–water partition coefficient (Wildman–Crippen LogP) is 1.50. The maximum absolute atomic E-state index is 11.5. The fourth-order valence-corrected chi connectivity index (χ4v) is 1.59. The van der Waals surface area contributed by atoms with Gasteiger partial charge in [0.15, 0.2) is 11.5 Å². The Labute approximate surface area is 92.6 Å². The molecular weight excluding hydrogens is 218 g/mol. The third-order valence-electron chi connectivity index (χ3n) is 2.08. The lowest BCUT2D eigenvalue weighted by atomic mass is 10.1. The van der Waals surface area contributed by atoms with Gasteiger partial charge in [0.2, 0.25) is 0 Å². The van der Waals surface area contributed by atoms with E-state index in [-0.39, 0.29) is 28.8 Å². The number of ether oxygens (including phenoxy) is 1. The van der Waals surface area contributed by atoms with Gasteiger partial charge in [-0.2, -0.15) is 0 Å². The SMILES string of the molecule is COc1c(C(=O)CN)cc(C)c(O)c1Cl. The number of aromatic hydroxyl groups is 1. The van der Waals surface area contributed by atoms with E-state index in [9.17, 15) is 9.90 Å². The van der Waals surface area contributed by atoms with Crippen molar-refractivity contribution in [2.45, 2.75) is 6.92 Å². The second-order valence-corrected chi connectivity index (χ2v) is 3.44. The Kier molecular flexibility index (Phi) is 3.55. The Bertz CT molecular complexity index is 404. The fourth-order valence-electron chi connectivity index (χ4n) is 1.27. The molecule has 0 heterocycles. The van der Waals surface area contributed by atoms with E-state index < -0.39 is 0 Å². The van der Waals surface area contributed by atoms with Crippen molar-refractivity contribution < 1.29 is 14.6 Å². The van der Waals surface area contributed by atoms with E-state index in [1.54, 1.807) is 6.92 Å². The molecule has 1 aromatic carbocycles. The summed E-state index contributed by atoms with van der Waals surface area (Å²) in [6.07, 6.45) is 0. The zero-order chi connectivity index (χ0) is 11.6. The number of carbonyl (C=O) groups excluding carboxylic acids is 1. The Hall–Kier alpha value is -1.26. The van der Waals surface area contributed by atoms with Gasteiger partial charge in [0.1, 0.15) is 10.8 Å². The molecule has 0 bridgehead atoms. The molecule has 0 radical (unpaired) electrons. The van der Waals surface area contributed by atoms with E-state index in [1.165, 1.54) is 13.2 Å². The van der Waals surface area contributed by atoms with Gasteiger partial charge >= 0.3 is 0 Å². The molecule has 0 atom stereocenters. The number of rotatable bonds is 3. The number of ketones is 1. The lowest BCUT2D eigenvalue weighted by molar-refractivity contribution is 0.0998. The number of halogens is 1. The van der Waals surface area contributed by atoms with Gasteiger partial charge in [-0.05, 0) is 18.6 Å². The lowest BCUT2D eigenvalue weighted by Gasteiger charge is -2.11. The average Bonchev–Trinajstić information content (AvgIpc) is 2.24. The molecule has 0 aliphatic carbocycles. The van der Waals surface area contributed by atoms with Crippen LogP contribution >= 0.6 is 11.6 Å². The van der Waals surface area contributed by atoms with Gasteiger partial charge in [-0.25, -0.2) is 0 Å². The number of benzene rings is 1. The van der Waals surface area contributed by atoms with Crippen molar-refractivity contribution >= 4 is 17.4 Å². The fraction of sp³-hybridized carbons (Fsp3) is 0.300. The molecule has 82 valence electrons. The topological polar surface area (TPSA) is 72.5 Å². The molecule has 4 nitrogen and oxygen atoms in total. The first-order valence-electron chi connectivity index (χ1n) is 4.32. The van der Waals surface area contributed by atoms with Crippen LogP contribution in [-0.4, -0.2) is 24.5 Å². The van der Waals surface area contributed by atoms with Crippen LogP contribution < -0.4 is 10.5 Å². The van der Waals surface area contributed by atoms with Crippen molar-refractivity contribution in [3.8, 4) is 11.5 Å². The summed E-state index contributed by atoms with van der Waals surface area (Å²) >= 11 is 5.84. The molecular formula is C10H12ClNO3.